The molecule has 3 N–H and O–H groups in total. The summed E-state index contributed by atoms with van der Waals surface area (Å²) in [4.78, 5) is 24.3. The predicted octanol–water partition coefficient (Wildman–Crippen LogP) is 2.31. The number of nitrogens with one attached hydrogen (secondary N) is 1. The van der Waals surface area contributed by atoms with Crippen LogP contribution in [0.3, 0.4) is 0 Å². The van der Waals surface area contributed by atoms with Gasteiger partial charge in [0.25, 0.3) is 11.8 Å². The van der Waals surface area contributed by atoms with E-state index in [4.69, 9.17) is 5.73 Å². The second-order valence-electron chi connectivity index (χ2n) is 4.94. The number of nitrogens with zero attached hydrogens (tertiary/aromatic N) is 1. The number of benzene rings is 2. The molecule has 5 heteroatoms. The highest BCUT2D eigenvalue weighted by molar-refractivity contribution is 6.13. The zero-order chi connectivity index (χ0) is 15.5. The molecule has 2 aromatic rings. The summed E-state index contributed by atoms with van der Waals surface area (Å²) in [6.45, 7) is 0. The van der Waals surface area contributed by atoms with Crippen molar-refractivity contribution in [2.45, 2.75) is 6.17 Å². The highest BCUT2D eigenvalue weighted by Crippen LogP contribution is 2.22. The zero-order valence-electron chi connectivity index (χ0n) is 11.8. The van der Waals surface area contributed by atoms with Crippen LogP contribution in [0.5, 0.6) is 0 Å². The standard InChI is InChI=1S/C17H15N3O2/c18-17(20-15(21)10-11-16(20)22)12-6-8-14(9-7-12)19-13-4-2-1-3-5-13/h1-11,17,19H,18H2. The summed E-state index contributed by atoms with van der Waals surface area (Å²) in [5.74, 6) is -0.770. The van der Waals surface area contributed by atoms with Gasteiger partial charge in [0, 0.05) is 23.5 Å². The number of carbonyl (C=O) groups is 2. The number of amides is 2. The Kier molecular flexibility index (Phi) is 3.72. The lowest BCUT2D eigenvalue weighted by molar-refractivity contribution is -0.139. The molecule has 0 aliphatic carbocycles. The molecule has 1 aliphatic heterocycles. The van der Waals surface area contributed by atoms with Gasteiger partial charge in [0.2, 0.25) is 0 Å². The Balaban J connectivity index is 1.74. The van der Waals surface area contributed by atoms with Crippen molar-refractivity contribution >= 4 is 23.2 Å². The summed E-state index contributed by atoms with van der Waals surface area (Å²) in [6, 6.07) is 17.1. The van der Waals surface area contributed by atoms with Gasteiger partial charge in [-0.1, -0.05) is 30.3 Å². The first-order valence-electron chi connectivity index (χ1n) is 6.88. The summed E-state index contributed by atoms with van der Waals surface area (Å²) >= 11 is 0. The van der Waals surface area contributed by atoms with Crippen molar-refractivity contribution < 1.29 is 9.59 Å². The highest BCUT2D eigenvalue weighted by atomic mass is 16.2. The van der Waals surface area contributed by atoms with Crippen LogP contribution in [-0.2, 0) is 9.59 Å². The molecule has 0 spiro atoms. The van der Waals surface area contributed by atoms with Gasteiger partial charge in [-0.2, -0.15) is 0 Å². The van der Waals surface area contributed by atoms with Gasteiger partial charge in [-0.15, -0.1) is 0 Å². The molecule has 0 aromatic heterocycles. The Bertz CT molecular complexity index is 705. The fraction of sp³-hybridized carbons (Fsp3) is 0.0588. The number of anilines is 2. The van der Waals surface area contributed by atoms with Crippen LogP contribution in [0.25, 0.3) is 0 Å². The fourth-order valence-corrected chi connectivity index (χ4v) is 2.29. The molecule has 0 radical (unpaired) electrons. The summed E-state index contributed by atoms with van der Waals surface area (Å²) < 4.78 is 0. The van der Waals surface area contributed by atoms with E-state index >= 15 is 0 Å². The molecule has 0 saturated heterocycles. The number of carbonyl (C=O) groups excluding carboxylic acids is 2. The molecule has 3 rings (SSSR count). The molecular formula is C17H15N3O2. The molecule has 2 amide bonds. The van der Waals surface area contributed by atoms with Crippen LogP contribution in [0.15, 0.2) is 66.7 Å². The van der Waals surface area contributed by atoms with Gasteiger partial charge in [-0.25, -0.2) is 0 Å². The van der Waals surface area contributed by atoms with E-state index in [1.807, 2.05) is 42.5 Å². The number of hydrogen-bond acceptors (Lipinski definition) is 4. The molecule has 1 aliphatic rings. The number of hydrogen-bond donors (Lipinski definition) is 2. The minimum absolute atomic E-state index is 0.385. The molecule has 22 heavy (non-hydrogen) atoms. The summed E-state index contributed by atoms with van der Waals surface area (Å²) in [6.07, 6.45) is 1.68. The molecule has 0 fully saturated rings. The van der Waals surface area contributed by atoms with Crippen LogP contribution in [0, 0.1) is 0 Å². The third kappa shape index (κ3) is 2.75. The third-order valence-corrected chi connectivity index (χ3v) is 3.44. The van der Waals surface area contributed by atoms with Gasteiger partial charge in [0.1, 0.15) is 6.17 Å². The van der Waals surface area contributed by atoms with E-state index in [1.54, 1.807) is 12.1 Å². The Morgan fingerprint density at radius 1 is 0.818 bits per heavy atom. The lowest BCUT2D eigenvalue weighted by Gasteiger charge is -2.22. The van der Waals surface area contributed by atoms with Crippen molar-refractivity contribution in [3.8, 4) is 0 Å². The molecule has 2 aromatic carbocycles. The Hall–Kier alpha value is -2.92. The first-order chi connectivity index (χ1) is 10.6. The molecule has 0 saturated carbocycles. The van der Waals surface area contributed by atoms with Gasteiger partial charge < -0.3 is 11.1 Å². The molecule has 1 atom stereocenters. The Morgan fingerprint density at radius 3 is 1.95 bits per heavy atom. The maximum absolute atomic E-state index is 11.6. The van der Waals surface area contributed by atoms with Crippen molar-refractivity contribution in [1.82, 2.24) is 4.90 Å². The average molecular weight is 293 g/mol. The number of rotatable bonds is 4. The first-order valence-corrected chi connectivity index (χ1v) is 6.88. The van der Waals surface area contributed by atoms with Crippen molar-refractivity contribution in [3.05, 3.63) is 72.3 Å². The van der Waals surface area contributed by atoms with E-state index in [-0.39, 0.29) is 11.8 Å². The van der Waals surface area contributed by atoms with Crippen molar-refractivity contribution in [2.24, 2.45) is 5.73 Å². The van der Waals surface area contributed by atoms with Gasteiger partial charge in [0.15, 0.2) is 0 Å². The van der Waals surface area contributed by atoms with Crippen LogP contribution in [0.4, 0.5) is 11.4 Å². The second kappa shape index (κ2) is 5.83. The zero-order valence-corrected chi connectivity index (χ0v) is 11.8. The van der Waals surface area contributed by atoms with Crippen molar-refractivity contribution in [3.63, 3.8) is 0 Å². The van der Waals surface area contributed by atoms with E-state index in [1.165, 1.54) is 12.2 Å². The van der Waals surface area contributed by atoms with E-state index in [9.17, 15) is 9.59 Å². The molecule has 5 nitrogen and oxygen atoms in total. The maximum atomic E-state index is 11.6. The Morgan fingerprint density at radius 2 is 1.36 bits per heavy atom. The maximum Gasteiger partial charge on any atom is 0.255 e. The lowest BCUT2D eigenvalue weighted by atomic mass is 10.1. The van der Waals surface area contributed by atoms with Crippen LogP contribution < -0.4 is 11.1 Å². The second-order valence-corrected chi connectivity index (χ2v) is 4.94. The van der Waals surface area contributed by atoms with Gasteiger partial charge in [-0.05, 0) is 29.8 Å². The van der Waals surface area contributed by atoms with Gasteiger partial charge in [0.05, 0.1) is 0 Å². The molecule has 110 valence electrons. The Labute approximate surface area is 128 Å². The number of para-hydroxylation sites is 1. The molecular weight excluding hydrogens is 278 g/mol. The number of imide groups is 1. The summed E-state index contributed by atoms with van der Waals surface area (Å²) in [5.41, 5.74) is 8.59. The largest absolute Gasteiger partial charge is 0.356 e. The predicted molar refractivity (Wildman–Crippen MR) is 84.1 cm³/mol. The van der Waals surface area contributed by atoms with Crippen molar-refractivity contribution in [2.75, 3.05) is 5.32 Å². The van der Waals surface area contributed by atoms with E-state index in [2.05, 4.69) is 5.32 Å². The van der Waals surface area contributed by atoms with Crippen molar-refractivity contribution in [1.29, 1.82) is 0 Å². The minimum Gasteiger partial charge on any atom is -0.356 e. The molecule has 1 unspecified atom stereocenters. The topological polar surface area (TPSA) is 75.4 Å². The SMILES string of the molecule is NC(c1ccc(Nc2ccccc2)cc1)N1C(=O)C=CC1=O. The van der Waals surface area contributed by atoms with Gasteiger partial charge >= 0.3 is 0 Å². The average Bonchev–Trinajstić information content (AvgIpc) is 2.87. The molecule has 0 bridgehead atoms. The quantitative estimate of drug-likeness (QED) is 0.848. The van der Waals surface area contributed by atoms with E-state index < -0.39 is 6.17 Å². The lowest BCUT2D eigenvalue weighted by Crippen LogP contribution is -2.38. The highest BCUT2D eigenvalue weighted by Gasteiger charge is 2.29. The van der Waals surface area contributed by atoms with Crippen LogP contribution >= 0.6 is 0 Å². The third-order valence-electron chi connectivity index (χ3n) is 3.44. The normalized spacial score (nSPS) is 15.2. The first kappa shape index (κ1) is 14.0. The number of nitrogens with two attached hydrogens (primary N) is 1. The fourth-order valence-electron chi connectivity index (χ4n) is 2.29. The minimum atomic E-state index is -0.777. The van der Waals surface area contributed by atoms with Crippen LogP contribution in [0.1, 0.15) is 11.7 Å². The smallest absolute Gasteiger partial charge is 0.255 e. The van der Waals surface area contributed by atoms with E-state index in [0.717, 1.165) is 16.3 Å². The summed E-state index contributed by atoms with van der Waals surface area (Å²) in [7, 11) is 0. The van der Waals surface area contributed by atoms with Crippen LogP contribution in [-0.4, -0.2) is 16.7 Å². The summed E-state index contributed by atoms with van der Waals surface area (Å²) in [5, 5.41) is 3.26. The van der Waals surface area contributed by atoms with Crippen LogP contribution in [0.2, 0.25) is 0 Å². The molecule has 1 heterocycles. The van der Waals surface area contributed by atoms with Gasteiger partial charge in [-0.3, -0.25) is 14.5 Å². The monoisotopic (exact) mass is 293 g/mol. The van der Waals surface area contributed by atoms with E-state index in [0.29, 0.717) is 5.56 Å².